The molecule has 4 aromatic rings. The standard InChI is InChI=1S/C20H17BrN4O3S/c1-12-7-8-13(2)16(9-12)26-10-17-22-25-20(28-17)29-11-18-23-24-19(27-18)14-5-3-4-6-15(14)21/h3-9H,10-11H2,1-2H3. The van der Waals surface area contributed by atoms with Crippen LogP contribution in [0.3, 0.4) is 0 Å². The van der Waals surface area contributed by atoms with Gasteiger partial charge >= 0.3 is 0 Å². The first-order valence-corrected chi connectivity index (χ1v) is 10.6. The fourth-order valence-electron chi connectivity index (χ4n) is 2.54. The van der Waals surface area contributed by atoms with Crippen molar-refractivity contribution in [3.63, 3.8) is 0 Å². The minimum Gasteiger partial charge on any atom is -0.484 e. The van der Waals surface area contributed by atoms with E-state index in [0.29, 0.717) is 28.6 Å². The molecule has 0 bridgehead atoms. The van der Waals surface area contributed by atoms with Gasteiger partial charge in [0.05, 0.1) is 11.3 Å². The highest BCUT2D eigenvalue weighted by atomic mass is 79.9. The molecule has 0 radical (unpaired) electrons. The fourth-order valence-corrected chi connectivity index (χ4v) is 3.61. The summed E-state index contributed by atoms with van der Waals surface area (Å²) in [6.07, 6.45) is 0. The van der Waals surface area contributed by atoms with E-state index >= 15 is 0 Å². The number of hydrogen-bond acceptors (Lipinski definition) is 8. The molecule has 0 fully saturated rings. The molecule has 2 heterocycles. The molecule has 0 amide bonds. The van der Waals surface area contributed by atoms with E-state index < -0.39 is 0 Å². The SMILES string of the molecule is Cc1ccc(C)c(OCc2nnc(SCc3nnc(-c4ccccc4Br)o3)o2)c1. The van der Waals surface area contributed by atoms with Crippen molar-refractivity contribution in [2.75, 3.05) is 0 Å². The Morgan fingerprint density at radius 2 is 1.79 bits per heavy atom. The lowest BCUT2D eigenvalue weighted by molar-refractivity contribution is 0.250. The summed E-state index contributed by atoms with van der Waals surface area (Å²) in [5, 5.41) is 16.7. The largest absolute Gasteiger partial charge is 0.484 e. The van der Waals surface area contributed by atoms with Crippen LogP contribution in [0.4, 0.5) is 0 Å². The van der Waals surface area contributed by atoms with Crippen molar-refractivity contribution in [1.29, 1.82) is 0 Å². The molecule has 7 nitrogen and oxygen atoms in total. The summed E-state index contributed by atoms with van der Waals surface area (Å²) < 4.78 is 18.0. The average Bonchev–Trinajstić information content (AvgIpc) is 3.37. The second kappa shape index (κ2) is 8.79. The molecule has 0 spiro atoms. The first kappa shape index (κ1) is 19.7. The third-order valence-corrected chi connectivity index (χ3v) is 5.53. The minimum absolute atomic E-state index is 0.213. The first-order valence-electron chi connectivity index (χ1n) is 8.81. The summed E-state index contributed by atoms with van der Waals surface area (Å²) in [4.78, 5) is 0. The molecule has 0 saturated heterocycles. The highest BCUT2D eigenvalue weighted by Gasteiger charge is 2.14. The summed E-state index contributed by atoms with van der Waals surface area (Å²) in [7, 11) is 0. The quantitative estimate of drug-likeness (QED) is 0.331. The van der Waals surface area contributed by atoms with Crippen LogP contribution in [0.15, 0.2) is 61.0 Å². The molecule has 0 aliphatic heterocycles. The topological polar surface area (TPSA) is 87.1 Å². The first-order chi connectivity index (χ1) is 14.1. The van der Waals surface area contributed by atoms with E-state index in [1.807, 2.05) is 56.3 Å². The molecule has 9 heteroatoms. The van der Waals surface area contributed by atoms with E-state index in [4.69, 9.17) is 13.6 Å². The Balaban J connectivity index is 1.34. The summed E-state index contributed by atoms with van der Waals surface area (Å²) in [5.41, 5.74) is 3.04. The molecule has 148 valence electrons. The van der Waals surface area contributed by atoms with Gasteiger partial charge in [-0.15, -0.1) is 20.4 Å². The summed E-state index contributed by atoms with van der Waals surface area (Å²) in [5.74, 6) is 2.58. The van der Waals surface area contributed by atoms with E-state index in [1.54, 1.807) is 0 Å². The Hall–Kier alpha value is -2.65. The van der Waals surface area contributed by atoms with Gasteiger partial charge in [-0.05, 0) is 59.1 Å². The van der Waals surface area contributed by atoms with Crippen LogP contribution < -0.4 is 4.74 Å². The Bertz CT molecular complexity index is 1130. The summed E-state index contributed by atoms with van der Waals surface area (Å²) >= 11 is 4.81. The maximum atomic E-state index is 5.79. The van der Waals surface area contributed by atoms with E-state index in [9.17, 15) is 0 Å². The average molecular weight is 473 g/mol. The molecule has 2 aromatic heterocycles. The lowest BCUT2D eigenvalue weighted by Crippen LogP contribution is -1.97. The van der Waals surface area contributed by atoms with Crippen molar-refractivity contribution in [1.82, 2.24) is 20.4 Å². The summed E-state index contributed by atoms with van der Waals surface area (Å²) in [6, 6.07) is 13.7. The van der Waals surface area contributed by atoms with Crippen LogP contribution in [-0.4, -0.2) is 20.4 Å². The van der Waals surface area contributed by atoms with Crippen molar-refractivity contribution in [3.8, 4) is 17.2 Å². The van der Waals surface area contributed by atoms with Crippen LogP contribution in [0.25, 0.3) is 11.5 Å². The van der Waals surface area contributed by atoms with E-state index in [2.05, 4.69) is 36.3 Å². The molecule has 2 aromatic carbocycles. The minimum atomic E-state index is 0.213. The highest BCUT2D eigenvalue weighted by molar-refractivity contribution is 9.10. The Labute approximate surface area is 180 Å². The zero-order valence-electron chi connectivity index (χ0n) is 15.8. The molecule has 0 unspecified atom stereocenters. The second-order valence-corrected chi connectivity index (χ2v) is 8.07. The van der Waals surface area contributed by atoms with Crippen LogP contribution >= 0.6 is 27.7 Å². The van der Waals surface area contributed by atoms with Gasteiger partial charge in [0.15, 0.2) is 6.61 Å². The number of ether oxygens (including phenoxy) is 1. The third kappa shape index (κ3) is 4.86. The third-order valence-electron chi connectivity index (χ3n) is 4.03. The van der Waals surface area contributed by atoms with Crippen LogP contribution in [0.2, 0.25) is 0 Å². The van der Waals surface area contributed by atoms with Gasteiger partial charge in [0.1, 0.15) is 5.75 Å². The molecule has 0 atom stereocenters. The van der Waals surface area contributed by atoms with Crippen molar-refractivity contribution >= 4 is 27.7 Å². The van der Waals surface area contributed by atoms with Crippen molar-refractivity contribution in [2.45, 2.75) is 31.4 Å². The van der Waals surface area contributed by atoms with Crippen molar-refractivity contribution < 1.29 is 13.6 Å². The number of halogens is 1. The number of thioether (sulfide) groups is 1. The Kier molecular flexibility index (Phi) is 5.96. The van der Waals surface area contributed by atoms with Crippen LogP contribution in [0.5, 0.6) is 5.75 Å². The fraction of sp³-hybridized carbons (Fsp3) is 0.200. The van der Waals surface area contributed by atoms with Crippen molar-refractivity contribution in [3.05, 3.63) is 69.8 Å². The molecular formula is C20H17BrN4O3S. The zero-order valence-corrected chi connectivity index (χ0v) is 18.2. The number of aromatic nitrogens is 4. The Morgan fingerprint density at radius 1 is 0.966 bits per heavy atom. The molecule has 0 saturated carbocycles. The highest BCUT2D eigenvalue weighted by Crippen LogP contribution is 2.28. The number of benzene rings is 2. The Morgan fingerprint density at radius 3 is 2.66 bits per heavy atom. The molecule has 29 heavy (non-hydrogen) atoms. The van der Waals surface area contributed by atoms with E-state index in [-0.39, 0.29) is 6.61 Å². The predicted molar refractivity (Wildman–Crippen MR) is 112 cm³/mol. The van der Waals surface area contributed by atoms with Gasteiger partial charge < -0.3 is 13.6 Å². The number of nitrogens with zero attached hydrogens (tertiary/aromatic N) is 4. The monoisotopic (exact) mass is 472 g/mol. The van der Waals surface area contributed by atoms with Crippen molar-refractivity contribution in [2.24, 2.45) is 0 Å². The van der Waals surface area contributed by atoms with E-state index in [1.165, 1.54) is 11.8 Å². The smallest absolute Gasteiger partial charge is 0.277 e. The van der Waals surface area contributed by atoms with Gasteiger partial charge in [-0.3, -0.25) is 0 Å². The van der Waals surface area contributed by atoms with Crippen LogP contribution in [0.1, 0.15) is 22.9 Å². The van der Waals surface area contributed by atoms with E-state index in [0.717, 1.165) is 26.9 Å². The number of hydrogen-bond donors (Lipinski definition) is 0. The normalized spacial score (nSPS) is 11.0. The van der Waals surface area contributed by atoms with Crippen LogP contribution in [-0.2, 0) is 12.4 Å². The van der Waals surface area contributed by atoms with Gasteiger partial charge in [-0.1, -0.05) is 36.0 Å². The second-order valence-electron chi connectivity index (χ2n) is 6.29. The van der Waals surface area contributed by atoms with Gasteiger partial charge in [-0.2, -0.15) is 0 Å². The maximum Gasteiger partial charge on any atom is 0.277 e. The van der Waals surface area contributed by atoms with Gasteiger partial charge in [0.2, 0.25) is 11.8 Å². The predicted octanol–water partition coefficient (Wildman–Crippen LogP) is 5.37. The molecule has 0 aliphatic rings. The van der Waals surface area contributed by atoms with Gasteiger partial charge in [-0.25, -0.2) is 0 Å². The lowest BCUT2D eigenvalue weighted by Gasteiger charge is -2.07. The lowest BCUT2D eigenvalue weighted by atomic mass is 10.1. The van der Waals surface area contributed by atoms with Gasteiger partial charge in [0, 0.05) is 4.47 Å². The summed E-state index contributed by atoms with van der Waals surface area (Å²) in [6.45, 7) is 4.23. The van der Waals surface area contributed by atoms with Crippen LogP contribution in [0, 0.1) is 13.8 Å². The van der Waals surface area contributed by atoms with Gasteiger partial charge in [0.25, 0.3) is 11.1 Å². The number of aryl methyl sites for hydroxylation is 2. The zero-order chi connectivity index (χ0) is 20.2. The molecule has 4 rings (SSSR count). The molecule has 0 N–H and O–H groups in total. The maximum absolute atomic E-state index is 5.79. The molecule has 0 aliphatic carbocycles. The molecular weight excluding hydrogens is 456 g/mol. The number of rotatable bonds is 7.